The Morgan fingerprint density at radius 1 is 1.12 bits per heavy atom. The predicted octanol–water partition coefficient (Wildman–Crippen LogP) is 3.42. The highest BCUT2D eigenvalue weighted by atomic mass is 19.1. The number of hydrogen-bond acceptors (Lipinski definition) is 1. The van der Waals surface area contributed by atoms with Crippen LogP contribution in [0.25, 0.3) is 0 Å². The minimum Gasteiger partial charge on any atom is -0.307 e. The van der Waals surface area contributed by atoms with Crippen molar-refractivity contribution in [3.63, 3.8) is 0 Å². The van der Waals surface area contributed by atoms with Crippen LogP contribution in [0.4, 0.5) is 4.39 Å². The van der Waals surface area contributed by atoms with E-state index in [0.29, 0.717) is 12.1 Å². The van der Waals surface area contributed by atoms with Crippen molar-refractivity contribution in [3.8, 4) is 0 Å². The summed E-state index contributed by atoms with van der Waals surface area (Å²) in [4.78, 5) is 0. The van der Waals surface area contributed by atoms with Crippen LogP contribution in [0.15, 0.2) is 24.3 Å². The predicted molar refractivity (Wildman–Crippen MR) is 62.6 cm³/mol. The molecule has 1 N–H and O–H groups in total. The molecular weight excluding hydrogens is 201 g/mol. The lowest BCUT2D eigenvalue weighted by atomic mass is 9.87. The molecule has 0 amide bonds. The molecule has 1 nitrogen and oxygen atoms in total. The second-order valence-corrected chi connectivity index (χ2v) is 5.15. The Hall–Kier alpha value is -0.890. The molecule has 2 heteroatoms. The van der Waals surface area contributed by atoms with Crippen molar-refractivity contribution < 1.29 is 4.39 Å². The lowest BCUT2D eigenvalue weighted by Crippen LogP contribution is -2.40. The summed E-state index contributed by atoms with van der Waals surface area (Å²) in [6, 6.07) is 8.10. The molecule has 1 saturated heterocycles. The average molecular weight is 219 g/mol. The van der Waals surface area contributed by atoms with Gasteiger partial charge in [0.05, 0.1) is 0 Å². The average Bonchev–Trinajstić information content (AvgIpc) is 2.75. The first-order chi connectivity index (χ1) is 7.83. The van der Waals surface area contributed by atoms with Crippen LogP contribution in [-0.4, -0.2) is 6.04 Å². The third-order valence-electron chi connectivity index (χ3n) is 4.15. The second kappa shape index (κ2) is 4.17. The number of rotatable bonds is 1. The van der Waals surface area contributed by atoms with Gasteiger partial charge in [0, 0.05) is 12.1 Å². The maximum absolute atomic E-state index is 13.2. The molecule has 1 aliphatic carbocycles. The molecule has 3 rings (SSSR count). The second-order valence-electron chi connectivity index (χ2n) is 5.15. The SMILES string of the molecule is Fc1cccc(C2CCC3CCCC3N2)c1. The Labute approximate surface area is 96.1 Å². The molecule has 1 heterocycles. The van der Waals surface area contributed by atoms with Crippen molar-refractivity contribution >= 4 is 0 Å². The van der Waals surface area contributed by atoms with Crippen molar-refractivity contribution in [3.05, 3.63) is 35.6 Å². The standard InChI is InChI=1S/C14H18FN/c15-12-5-1-4-11(9-12)14-8-7-10-3-2-6-13(10)16-14/h1,4-5,9-10,13-14,16H,2-3,6-8H2. The zero-order valence-corrected chi connectivity index (χ0v) is 9.45. The summed E-state index contributed by atoms with van der Waals surface area (Å²) in [5.74, 6) is 0.762. The molecule has 0 radical (unpaired) electrons. The zero-order chi connectivity index (χ0) is 11.0. The fraction of sp³-hybridized carbons (Fsp3) is 0.571. The van der Waals surface area contributed by atoms with Gasteiger partial charge in [0.2, 0.25) is 0 Å². The number of fused-ring (bicyclic) bond motifs is 1. The van der Waals surface area contributed by atoms with Crippen molar-refractivity contribution in [2.24, 2.45) is 5.92 Å². The first kappa shape index (κ1) is 10.3. The highest BCUT2D eigenvalue weighted by Gasteiger charge is 2.33. The van der Waals surface area contributed by atoms with Crippen molar-refractivity contribution in [2.45, 2.75) is 44.2 Å². The maximum Gasteiger partial charge on any atom is 0.123 e. The summed E-state index contributed by atoms with van der Waals surface area (Å²) in [6.07, 6.45) is 6.51. The van der Waals surface area contributed by atoms with Crippen LogP contribution >= 0.6 is 0 Å². The number of nitrogens with one attached hydrogen (secondary N) is 1. The zero-order valence-electron chi connectivity index (χ0n) is 9.45. The van der Waals surface area contributed by atoms with E-state index < -0.39 is 0 Å². The van der Waals surface area contributed by atoms with Gasteiger partial charge in [-0.15, -0.1) is 0 Å². The molecule has 0 bridgehead atoms. The van der Waals surface area contributed by atoms with Crippen molar-refractivity contribution in [1.82, 2.24) is 5.32 Å². The largest absolute Gasteiger partial charge is 0.307 e. The van der Waals surface area contributed by atoms with Gasteiger partial charge in [-0.05, 0) is 49.3 Å². The number of benzene rings is 1. The summed E-state index contributed by atoms with van der Waals surface area (Å²) < 4.78 is 13.2. The molecule has 1 aromatic carbocycles. The third-order valence-corrected chi connectivity index (χ3v) is 4.15. The van der Waals surface area contributed by atoms with E-state index in [4.69, 9.17) is 0 Å². The smallest absolute Gasteiger partial charge is 0.123 e. The lowest BCUT2D eigenvalue weighted by Gasteiger charge is -2.33. The molecule has 16 heavy (non-hydrogen) atoms. The van der Waals surface area contributed by atoms with Gasteiger partial charge in [-0.25, -0.2) is 4.39 Å². The molecule has 0 aromatic heterocycles. The molecule has 1 saturated carbocycles. The number of hydrogen-bond donors (Lipinski definition) is 1. The van der Waals surface area contributed by atoms with Gasteiger partial charge in [-0.2, -0.15) is 0 Å². The Bertz CT molecular complexity index is 377. The third kappa shape index (κ3) is 1.86. The van der Waals surface area contributed by atoms with Gasteiger partial charge < -0.3 is 5.32 Å². The van der Waals surface area contributed by atoms with Gasteiger partial charge in [0.15, 0.2) is 0 Å². The van der Waals surface area contributed by atoms with Gasteiger partial charge in [0.1, 0.15) is 5.82 Å². The number of piperidine rings is 1. The van der Waals surface area contributed by atoms with Gasteiger partial charge in [-0.3, -0.25) is 0 Å². The molecule has 2 fully saturated rings. The molecule has 1 aromatic rings. The van der Waals surface area contributed by atoms with E-state index in [1.165, 1.54) is 31.7 Å². The van der Waals surface area contributed by atoms with E-state index in [0.717, 1.165) is 17.9 Å². The van der Waals surface area contributed by atoms with E-state index in [1.54, 1.807) is 6.07 Å². The van der Waals surface area contributed by atoms with Crippen LogP contribution in [0.5, 0.6) is 0 Å². The highest BCUT2D eigenvalue weighted by molar-refractivity contribution is 5.21. The van der Waals surface area contributed by atoms with Gasteiger partial charge in [-0.1, -0.05) is 18.6 Å². The van der Waals surface area contributed by atoms with Crippen molar-refractivity contribution in [1.29, 1.82) is 0 Å². The summed E-state index contributed by atoms with van der Waals surface area (Å²) in [6.45, 7) is 0. The monoisotopic (exact) mass is 219 g/mol. The fourth-order valence-corrected chi connectivity index (χ4v) is 3.31. The molecule has 3 atom stereocenters. The van der Waals surface area contributed by atoms with E-state index in [1.807, 2.05) is 12.1 Å². The Morgan fingerprint density at radius 3 is 2.94 bits per heavy atom. The van der Waals surface area contributed by atoms with Gasteiger partial charge >= 0.3 is 0 Å². The molecular formula is C14H18FN. The Kier molecular flexibility index (Phi) is 2.68. The maximum atomic E-state index is 13.2. The quantitative estimate of drug-likeness (QED) is 0.763. The topological polar surface area (TPSA) is 12.0 Å². The minimum atomic E-state index is -0.118. The van der Waals surface area contributed by atoms with E-state index in [9.17, 15) is 4.39 Å². The summed E-state index contributed by atoms with van der Waals surface area (Å²) >= 11 is 0. The van der Waals surface area contributed by atoms with E-state index in [-0.39, 0.29) is 5.82 Å². The Morgan fingerprint density at radius 2 is 2.06 bits per heavy atom. The van der Waals surface area contributed by atoms with Crippen LogP contribution < -0.4 is 5.32 Å². The van der Waals surface area contributed by atoms with Gasteiger partial charge in [0.25, 0.3) is 0 Å². The first-order valence-corrected chi connectivity index (χ1v) is 6.34. The minimum absolute atomic E-state index is 0.118. The summed E-state index contributed by atoms with van der Waals surface area (Å²) in [7, 11) is 0. The lowest BCUT2D eigenvalue weighted by molar-refractivity contribution is 0.261. The summed E-state index contributed by atoms with van der Waals surface area (Å²) in [5, 5.41) is 3.69. The normalized spacial score (nSPS) is 33.7. The molecule has 0 spiro atoms. The molecule has 1 aliphatic heterocycles. The van der Waals surface area contributed by atoms with Crippen LogP contribution in [0.2, 0.25) is 0 Å². The van der Waals surface area contributed by atoms with E-state index >= 15 is 0 Å². The fourth-order valence-electron chi connectivity index (χ4n) is 3.31. The molecule has 3 unspecified atom stereocenters. The van der Waals surface area contributed by atoms with Crippen LogP contribution in [0, 0.1) is 11.7 Å². The highest BCUT2D eigenvalue weighted by Crippen LogP contribution is 2.37. The van der Waals surface area contributed by atoms with E-state index in [2.05, 4.69) is 5.32 Å². The van der Waals surface area contributed by atoms with Crippen LogP contribution in [-0.2, 0) is 0 Å². The molecule has 86 valence electrons. The number of halogens is 1. The summed E-state index contributed by atoms with van der Waals surface area (Å²) in [5.41, 5.74) is 1.12. The van der Waals surface area contributed by atoms with Crippen LogP contribution in [0.3, 0.4) is 0 Å². The Balaban J connectivity index is 1.76. The van der Waals surface area contributed by atoms with Crippen LogP contribution in [0.1, 0.15) is 43.7 Å². The first-order valence-electron chi connectivity index (χ1n) is 6.34. The van der Waals surface area contributed by atoms with Crippen molar-refractivity contribution in [2.75, 3.05) is 0 Å². The molecule has 2 aliphatic rings.